The predicted molar refractivity (Wildman–Crippen MR) is 84.4 cm³/mol. The highest BCUT2D eigenvalue weighted by Gasteiger charge is 1.99. The summed E-state index contributed by atoms with van der Waals surface area (Å²) in [7, 11) is 2.19. The number of nitrogens with one attached hydrogen (secondary N) is 1. The number of nitrogens with zero attached hydrogens (tertiary/aromatic N) is 1. The topological polar surface area (TPSA) is 15.3 Å². The van der Waals surface area contributed by atoms with Crippen molar-refractivity contribution >= 4 is 0 Å². The van der Waals surface area contributed by atoms with Gasteiger partial charge < -0.3 is 10.2 Å². The second-order valence-electron chi connectivity index (χ2n) is 5.39. The molecule has 0 radical (unpaired) electrons. The van der Waals surface area contributed by atoms with E-state index in [0.29, 0.717) is 0 Å². The summed E-state index contributed by atoms with van der Waals surface area (Å²) < 4.78 is 0. The Labute approximate surface area is 119 Å². The van der Waals surface area contributed by atoms with E-state index in [1.807, 2.05) is 0 Å². The van der Waals surface area contributed by atoms with Crippen LogP contribution in [0.3, 0.4) is 0 Å². The van der Waals surface area contributed by atoms with Crippen LogP contribution in [0.1, 0.15) is 44.6 Å². The molecule has 19 heavy (non-hydrogen) atoms. The maximum atomic E-state index is 3.54. The molecule has 0 saturated carbocycles. The molecular formula is C17H30N2. The van der Waals surface area contributed by atoms with E-state index in [-0.39, 0.29) is 0 Å². The summed E-state index contributed by atoms with van der Waals surface area (Å²) in [5.41, 5.74) is 1.39. The molecule has 0 aliphatic heterocycles. The minimum absolute atomic E-state index is 1.04. The molecule has 0 aliphatic carbocycles. The van der Waals surface area contributed by atoms with Gasteiger partial charge in [0.05, 0.1) is 0 Å². The molecule has 0 heterocycles. The van der Waals surface area contributed by atoms with Gasteiger partial charge in [-0.3, -0.25) is 0 Å². The number of hydrogen-bond acceptors (Lipinski definition) is 2. The van der Waals surface area contributed by atoms with Crippen molar-refractivity contribution in [2.75, 3.05) is 26.7 Å². The van der Waals surface area contributed by atoms with Gasteiger partial charge in [0.15, 0.2) is 0 Å². The molecule has 0 saturated heterocycles. The van der Waals surface area contributed by atoms with E-state index in [9.17, 15) is 0 Å². The largest absolute Gasteiger partial charge is 0.315 e. The van der Waals surface area contributed by atoms with E-state index in [1.54, 1.807) is 0 Å². The maximum Gasteiger partial charge on any atom is 0.0231 e. The van der Waals surface area contributed by atoms with Crippen molar-refractivity contribution in [3.05, 3.63) is 35.9 Å². The van der Waals surface area contributed by atoms with Crippen LogP contribution in [0.5, 0.6) is 0 Å². The Kier molecular flexibility index (Phi) is 9.38. The summed E-state index contributed by atoms with van der Waals surface area (Å²) in [6, 6.07) is 10.7. The van der Waals surface area contributed by atoms with Crippen LogP contribution in [0, 0.1) is 0 Å². The lowest BCUT2D eigenvalue weighted by molar-refractivity contribution is 0.324. The van der Waals surface area contributed by atoms with Gasteiger partial charge in [-0.25, -0.2) is 0 Å². The summed E-state index contributed by atoms with van der Waals surface area (Å²) in [6.45, 7) is 6.68. The van der Waals surface area contributed by atoms with Gasteiger partial charge in [0, 0.05) is 19.6 Å². The standard InChI is InChI=1S/C17H30N2/c1-3-4-5-6-10-13-18-14-15-19(2)16-17-11-8-7-9-12-17/h7-9,11-12,18H,3-6,10,13-16H2,1-2H3. The molecule has 1 rings (SSSR count). The lowest BCUT2D eigenvalue weighted by atomic mass is 10.1. The second kappa shape index (κ2) is 11.0. The number of likely N-dealkylation sites (N-methyl/N-ethyl adjacent to an activating group) is 1. The van der Waals surface area contributed by atoms with Gasteiger partial charge in [-0.2, -0.15) is 0 Å². The average molecular weight is 262 g/mol. The Hall–Kier alpha value is -0.860. The van der Waals surface area contributed by atoms with Crippen LogP contribution in [0.25, 0.3) is 0 Å². The first-order valence-electron chi connectivity index (χ1n) is 7.76. The fraction of sp³-hybridized carbons (Fsp3) is 0.647. The molecule has 0 atom stereocenters. The van der Waals surface area contributed by atoms with Gasteiger partial charge in [0.1, 0.15) is 0 Å². The molecule has 0 amide bonds. The van der Waals surface area contributed by atoms with Crippen LogP contribution in [0.4, 0.5) is 0 Å². The third kappa shape index (κ3) is 8.79. The Bertz CT molecular complexity index is 297. The fourth-order valence-electron chi connectivity index (χ4n) is 2.22. The molecular weight excluding hydrogens is 232 g/mol. The quantitative estimate of drug-likeness (QED) is 0.612. The SMILES string of the molecule is CCCCCCCNCCN(C)Cc1ccccc1. The van der Waals surface area contributed by atoms with Gasteiger partial charge in [-0.15, -0.1) is 0 Å². The van der Waals surface area contributed by atoms with E-state index in [4.69, 9.17) is 0 Å². The first-order chi connectivity index (χ1) is 9.33. The van der Waals surface area contributed by atoms with Gasteiger partial charge in [-0.1, -0.05) is 62.9 Å². The van der Waals surface area contributed by atoms with Crippen molar-refractivity contribution in [2.45, 2.75) is 45.6 Å². The van der Waals surface area contributed by atoms with E-state index >= 15 is 0 Å². The third-order valence-corrected chi connectivity index (χ3v) is 3.42. The first-order valence-corrected chi connectivity index (χ1v) is 7.76. The lowest BCUT2D eigenvalue weighted by Gasteiger charge is -2.17. The smallest absolute Gasteiger partial charge is 0.0231 e. The zero-order chi connectivity index (χ0) is 13.8. The first kappa shape index (κ1) is 16.2. The van der Waals surface area contributed by atoms with Gasteiger partial charge in [0.25, 0.3) is 0 Å². The zero-order valence-electron chi connectivity index (χ0n) is 12.7. The van der Waals surface area contributed by atoms with Crippen molar-refractivity contribution in [2.24, 2.45) is 0 Å². The molecule has 2 heteroatoms. The normalized spacial score (nSPS) is 11.1. The zero-order valence-corrected chi connectivity index (χ0v) is 12.7. The van der Waals surface area contributed by atoms with E-state index in [2.05, 4.69) is 54.5 Å². The predicted octanol–water partition coefficient (Wildman–Crippen LogP) is 3.68. The van der Waals surface area contributed by atoms with Crippen molar-refractivity contribution in [3.8, 4) is 0 Å². The lowest BCUT2D eigenvalue weighted by Crippen LogP contribution is -2.29. The minimum Gasteiger partial charge on any atom is -0.315 e. The van der Waals surface area contributed by atoms with Crippen LogP contribution in [-0.4, -0.2) is 31.6 Å². The Balaban J connectivity index is 1.94. The van der Waals surface area contributed by atoms with Crippen LogP contribution in [0.2, 0.25) is 0 Å². The summed E-state index contributed by atoms with van der Waals surface area (Å²) in [5, 5.41) is 3.54. The van der Waals surface area contributed by atoms with Gasteiger partial charge in [0.2, 0.25) is 0 Å². The molecule has 0 aliphatic rings. The summed E-state index contributed by atoms with van der Waals surface area (Å²) in [5.74, 6) is 0. The Morgan fingerprint density at radius 2 is 1.68 bits per heavy atom. The van der Waals surface area contributed by atoms with Crippen molar-refractivity contribution in [1.29, 1.82) is 0 Å². The molecule has 2 nitrogen and oxygen atoms in total. The van der Waals surface area contributed by atoms with Crippen molar-refractivity contribution < 1.29 is 0 Å². The van der Waals surface area contributed by atoms with Crippen LogP contribution in [-0.2, 0) is 6.54 Å². The molecule has 1 aromatic carbocycles. The Morgan fingerprint density at radius 3 is 2.42 bits per heavy atom. The molecule has 0 fully saturated rings. The molecule has 1 aromatic rings. The molecule has 0 unspecified atom stereocenters. The Morgan fingerprint density at radius 1 is 0.947 bits per heavy atom. The van der Waals surface area contributed by atoms with Crippen LogP contribution in [0.15, 0.2) is 30.3 Å². The number of rotatable bonds is 11. The number of unbranched alkanes of at least 4 members (excludes halogenated alkanes) is 4. The summed E-state index contributed by atoms with van der Waals surface area (Å²) in [6.07, 6.45) is 6.81. The van der Waals surface area contributed by atoms with E-state index in [1.165, 1.54) is 44.2 Å². The molecule has 0 bridgehead atoms. The highest BCUT2D eigenvalue weighted by molar-refractivity contribution is 5.14. The monoisotopic (exact) mass is 262 g/mol. The highest BCUT2D eigenvalue weighted by Crippen LogP contribution is 2.02. The summed E-state index contributed by atoms with van der Waals surface area (Å²) in [4.78, 5) is 2.37. The average Bonchev–Trinajstić information content (AvgIpc) is 2.43. The third-order valence-electron chi connectivity index (χ3n) is 3.42. The van der Waals surface area contributed by atoms with Gasteiger partial charge in [-0.05, 0) is 25.6 Å². The van der Waals surface area contributed by atoms with E-state index < -0.39 is 0 Å². The maximum absolute atomic E-state index is 3.54. The molecule has 0 aromatic heterocycles. The van der Waals surface area contributed by atoms with E-state index in [0.717, 1.165) is 19.6 Å². The number of benzene rings is 1. The minimum atomic E-state index is 1.04. The second-order valence-corrected chi connectivity index (χ2v) is 5.39. The fourth-order valence-corrected chi connectivity index (χ4v) is 2.22. The number of hydrogen-bond donors (Lipinski definition) is 1. The summed E-state index contributed by atoms with van der Waals surface area (Å²) >= 11 is 0. The molecule has 108 valence electrons. The highest BCUT2D eigenvalue weighted by atomic mass is 15.1. The molecule has 1 N–H and O–H groups in total. The molecule has 0 spiro atoms. The van der Waals surface area contributed by atoms with Crippen molar-refractivity contribution in [1.82, 2.24) is 10.2 Å². The van der Waals surface area contributed by atoms with Crippen LogP contribution < -0.4 is 5.32 Å². The van der Waals surface area contributed by atoms with Gasteiger partial charge >= 0.3 is 0 Å². The van der Waals surface area contributed by atoms with Crippen LogP contribution >= 0.6 is 0 Å². The van der Waals surface area contributed by atoms with Crippen molar-refractivity contribution in [3.63, 3.8) is 0 Å².